The molecule has 1 amide bonds. The largest absolute Gasteiger partial charge is 0.466 e. The molecule has 0 aliphatic rings. The van der Waals surface area contributed by atoms with E-state index in [9.17, 15) is 9.59 Å². The molecule has 0 aliphatic carbocycles. The van der Waals surface area contributed by atoms with Crippen LogP contribution in [0.5, 0.6) is 11.6 Å². The highest BCUT2D eigenvalue weighted by molar-refractivity contribution is 6.32. The first kappa shape index (κ1) is 23.3. The highest BCUT2D eigenvalue weighted by atomic mass is 35.5. The van der Waals surface area contributed by atoms with E-state index < -0.39 is 0 Å². The summed E-state index contributed by atoms with van der Waals surface area (Å²) >= 11 is 6.31. The summed E-state index contributed by atoms with van der Waals surface area (Å²) in [5.41, 5.74) is 2.87. The molecule has 8 heteroatoms. The second-order valence-corrected chi connectivity index (χ2v) is 7.93. The second kappa shape index (κ2) is 10.4. The van der Waals surface area contributed by atoms with Crippen LogP contribution in [0.3, 0.4) is 0 Å². The second-order valence-electron chi connectivity index (χ2n) is 7.52. The number of anilines is 1. The summed E-state index contributed by atoms with van der Waals surface area (Å²) in [5, 5.41) is 4.25. The Balaban J connectivity index is 1.43. The summed E-state index contributed by atoms with van der Waals surface area (Å²) in [6, 6.07) is 18.2. The maximum atomic E-state index is 12.9. The normalized spacial score (nSPS) is 10.8. The molecule has 2 aromatic heterocycles. The van der Waals surface area contributed by atoms with Crippen molar-refractivity contribution in [2.75, 3.05) is 11.9 Å². The lowest BCUT2D eigenvalue weighted by atomic mass is 10.1. The van der Waals surface area contributed by atoms with Crippen LogP contribution in [-0.4, -0.2) is 28.0 Å². The van der Waals surface area contributed by atoms with Gasteiger partial charge >= 0.3 is 5.97 Å². The average Bonchev–Trinajstić information content (AvgIpc) is 3.21. The molecule has 7 nitrogen and oxygen atoms in total. The van der Waals surface area contributed by atoms with Crippen molar-refractivity contribution in [2.24, 2.45) is 0 Å². The Labute approximate surface area is 202 Å². The molecule has 0 saturated heterocycles. The highest BCUT2D eigenvalue weighted by Crippen LogP contribution is 2.30. The number of halogens is 1. The molecule has 34 heavy (non-hydrogen) atoms. The number of para-hydroxylation sites is 1. The first-order valence-corrected chi connectivity index (χ1v) is 11.3. The number of ether oxygens (including phenoxy) is 2. The number of aromatic nitrogens is 2. The first-order chi connectivity index (χ1) is 16.5. The summed E-state index contributed by atoms with van der Waals surface area (Å²) in [6.45, 7) is 4.78. The van der Waals surface area contributed by atoms with Gasteiger partial charge in [0.05, 0.1) is 29.9 Å². The lowest BCUT2D eigenvalue weighted by molar-refractivity contribution is -0.142. The van der Waals surface area contributed by atoms with Gasteiger partial charge in [-0.05, 0) is 49.7 Å². The minimum Gasteiger partial charge on any atom is -0.466 e. The predicted octanol–water partition coefficient (Wildman–Crippen LogP) is 5.86. The van der Waals surface area contributed by atoms with Crippen molar-refractivity contribution in [1.29, 1.82) is 0 Å². The molecule has 0 fully saturated rings. The zero-order valence-corrected chi connectivity index (χ0v) is 19.6. The molecule has 0 bridgehead atoms. The Morgan fingerprint density at radius 3 is 2.59 bits per heavy atom. The third kappa shape index (κ3) is 5.21. The Morgan fingerprint density at radius 1 is 1.06 bits per heavy atom. The number of carbonyl (C=O) groups excluding carboxylic acids is 2. The molecular weight excluding hydrogens is 454 g/mol. The summed E-state index contributed by atoms with van der Waals surface area (Å²) < 4.78 is 12.7. The van der Waals surface area contributed by atoms with Crippen LogP contribution in [0, 0.1) is 0 Å². The van der Waals surface area contributed by atoms with Crippen LogP contribution in [-0.2, 0) is 22.5 Å². The number of amides is 1. The van der Waals surface area contributed by atoms with Crippen molar-refractivity contribution >= 4 is 40.1 Å². The average molecular weight is 478 g/mol. The van der Waals surface area contributed by atoms with Gasteiger partial charge < -0.3 is 19.4 Å². The summed E-state index contributed by atoms with van der Waals surface area (Å²) in [7, 11) is 0. The number of rotatable bonds is 8. The van der Waals surface area contributed by atoms with Crippen LogP contribution < -0.4 is 10.1 Å². The van der Waals surface area contributed by atoms with E-state index in [-0.39, 0.29) is 18.3 Å². The molecule has 2 aromatic carbocycles. The number of hydrogen-bond donors (Lipinski definition) is 1. The maximum Gasteiger partial charge on any atom is 0.310 e. The van der Waals surface area contributed by atoms with Crippen LogP contribution in [0.1, 0.15) is 29.9 Å². The summed E-state index contributed by atoms with van der Waals surface area (Å²) in [6.07, 6.45) is 1.66. The Kier molecular flexibility index (Phi) is 7.13. The smallest absolute Gasteiger partial charge is 0.310 e. The molecule has 0 radical (unpaired) electrons. The lowest BCUT2D eigenvalue weighted by Gasteiger charge is -2.10. The number of fused-ring (bicyclic) bond motifs is 1. The molecule has 4 aromatic rings. The molecular formula is C26H24ClN3O4. The molecule has 4 rings (SSSR count). The van der Waals surface area contributed by atoms with E-state index in [0.29, 0.717) is 41.2 Å². The molecule has 0 unspecified atom stereocenters. The van der Waals surface area contributed by atoms with Gasteiger partial charge in [-0.3, -0.25) is 9.59 Å². The Hall–Kier alpha value is -3.84. The van der Waals surface area contributed by atoms with Crippen molar-refractivity contribution in [3.8, 4) is 11.6 Å². The first-order valence-electron chi connectivity index (χ1n) is 11.0. The Bertz CT molecular complexity index is 1330. The van der Waals surface area contributed by atoms with Crippen molar-refractivity contribution in [3.63, 3.8) is 0 Å². The molecule has 0 aliphatic heterocycles. The molecule has 174 valence electrons. The Morgan fingerprint density at radius 2 is 1.88 bits per heavy atom. The number of carbonyl (C=O) groups is 2. The van der Waals surface area contributed by atoms with Crippen LogP contribution in [0.2, 0.25) is 5.02 Å². The maximum absolute atomic E-state index is 12.9. The molecule has 1 N–H and O–H groups in total. The van der Waals surface area contributed by atoms with Crippen LogP contribution in [0.4, 0.5) is 5.69 Å². The van der Waals surface area contributed by atoms with Crippen LogP contribution in [0.15, 0.2) is 66.9 Å². The lowest BCUT2D eigenvalue weighted by Crippen LogP contribution is -2.16. The molecule has 2 heterocycles. The standard InChI is InChI=1S/C26H24ClN3O4/c1-3-30-21-8-6-5-7-18(21)15-22(30)26(32)29-19-10-12-24(28-16-19)34-23-11-9-17(13-20(23)27)14-25(31)33-4-2/h5-13,15-16H,3-4,14H2,1-2H3,(H,29,32). The number of hydrogen-bond acceptors (Lipinski definition) is 5. The molecule has 0 spiro atoms. The van der Waals surface area contributed by atoms with Crippen molar-refractivity contribution in [3.05, 3.63) is 83.1 Å². The number of nitrogens with zero attached hydrogens (tertiary/aromatic N) is 2. The van der Waals surface area contributed by atoms with E-state index in [1.807, 2.05) is 41.8 Å². The number of benzene rings is 2. The number of pyridine rings is 1. The minimum absolute atomic E-state index is 0.136. The van der Waals surface area contributed by atoms with Gasteiger partial charge in [0.15, 0.2) is 0 Å². The number of nitrogens with one attached hydrogen (secondary N) is 1. The third-order valence-corrected chi connectivity index (χ3v) is 5.51. The van der Waals surface area contributed by atoms with E-state index in [1.165, 1.54) is 6.20 Å². The van der Waals surface area contributed by atoms with E-state index >= 15 is 0 Å². The van der Waals surface area contributed by atoms with Gasteiger partial charge in [0.2, 0.25) is 5.88 Å². The quantitative estimate of drug-likeness (QED) is 0.321. The zero-order chi connectivity index (χ0) is 24.1. The fourth-order valence-electron chi connectivity index (χ4n) is 3.68. The molecule has 0 saturated carbocycles. The highest BCUT2D eigenvalue weighted by Gasteiger charge is 2.15. The van der Waals surface area contributed by atoms with Crippen molar-refractivity contribution < 1.29 is 19.1 Å². The number of esters is 1. The van der Waals surface area contributed by atoms with Gasteiger partial charge in [-0.15, -0.1) is 0 Å². The van der Waals surface area contributed by atoms with Crippen LogP contribution >= 0.6 is 11.6 Å². The van der Waals surface area contributed by atoms with Crippen LogP contribution in [0.25, 0.3) is 10.9 Å². The molecule has 0 atom stereocenters. The van der Waals surface area contributed by atoms with Gasteiger partial charge in [-0.1, -0.05) is 35.9 Å². The van der Waals surface area contributed by atoms with E-state index in [0.717, 1.165) is 16.5 Å². The summed E-state index contributed by atoms with van der Waals surface area (Å²) in [4.78, 5) is 28.8. The zero-order valence-electron chi connectivity index (χ0n) is 18.9. The number of aryl methyl sites for hydroxylation is 1. The van der Waals surface area contributed by atoms with Gasteiger partial charge in [0.25, 0.3) is 5.91 Å². The van der Waals surface area contributed by atoms with E-state index in [2.05, 4.69) is 10.3 Å². The van der Waals surface area contributed by atoms with Crippen molar-refractivity contribution in [1.82, 2.24) is 9.55 Å². The van der Waals surface area contributed by atoms with E-state index in [4.69, 9.17) is 21.1 Å². The SMILES string of the molecule is CCOC(=O)Cc1ccc(Oc2ccc(NC(=O)c3cc4ccccc4n3CC)cn2)c(Cl)c1. The fraction of sp³-hybridized carbons (Fsp3) is 0.192. The minimum atomic E-state index is -0.314. The topological polar surface area (TPSA) is 82.5 Å². The van der Waals surface area contributed by atoms with Gasteiger partial charge in [0.1, 0.15) is 11.4 Å². The third-order valence-electron chi connectivity index (χ3n) is 5.22. The summed E-state index contributed by atoms with van der Waals surface area (Å²) in [5.74, 6) is 0.200. The fourth-order valence-corrected chi connectivity index (χ4v) is 3.92. The van der Waals surface area contributed by atoms with Gasteiger partial charge in [0, 0.05) is 23.5 Å². The predicted molar refractivity (Wildman–Crippen MR) is 132 cm³/mol. The monoisotopic (exact) mass is 477 g/mol. The van der Waals surface area contributed by atoms with Gasteiger partial charge in [-0.25, -0.2) is 4.98 Å². The van der Waals surface area contributed by atoms with Crippen molar-refractivity contribution in [2.45, 2.75) is 26.8 Å². The van der Waals surface area contributed by atoms with Gasteiger partial charge in [-0.2, -0.15) is 0 Å². The van der Waals surface area contributed by atoms with E-state index in [1.54, 1.807) is 37.3 Å².